The van der Waals surface area contributed by atoms with Crippen LogP contribution < -0.4 is 5.32 Å². The van der Waals surface area contributed by atoms with E-state index in [4.69, 9.17) is 28.0 Å². The summed E-state index contributed by atoms with van der Waals surface area (Å²) >= 11 is 12.4. The highest BCUT2D eigenvalue weighted by atomic mass is 35.5. The molecule has 1 heterocycles. The van der Waals surface area contributed by atoms with Crippen LogP contribution in [0, 0.1) is 0 Å². The number of aliphatic hydroxyl groups is 1. The van der Waals surface area contributed by atoms with Crippen molar-refractivity contribution in [1.29, 1.82) is 0 Å². The zero-order valence-corrected chi connectivity index (χ0v) is 19.7. The summed E-state index contributed by atoms with van der Waals surface area (Å²) < 4.78 is 0. The molecule has 0 saturated carbocycles. The minimum atomic E-state index is -0.740. The second kappa shape index (κ2) is 11.3. The number of nitrogens with zero attached hydrogens (tertiary/aromatic N) is 2. The van der Waals surface area contributed by atoms with Crippen LogP contribution >= 0.6 is 23.2 Å². The van der Waals surface area contributed by atoms with Gasteiger partial charge in [-0.25, -0.2) is 0 Å². The van der Waals surface area contributed by atoms with Crippen LogP contribution in [-0.4, -0.2) is 56.1 Å². The van der Waals surface area contributed by atoms with Gasteiger partial charge in [0.2, 0.25) is 0 Å². The van der Waals surface area contributed by atoms with E-state index in [-0.39, 0.29) is 5.92 Å². The molecule has 1 aliphatic heterocycles. The maximum Gasteiger partial charge on any atom is 0.106 e. The average molecular weight is 464 g/mol. The largest absolute Gasteiger partial charge is 0.399 e. The fourth-order valence-corrected chi connectivity index (χ4v) is 4.57. The number of rotatable bonds is 9. The summed E-state index contributed by atoms with van der Waals surface area (Å²) in [5.41, 5.74) is 2.25. The second-order valence-electron chi connectivity index (χ2n) is 8.05. The molecular weight excluding hydrogens is 433 g/mol. The molecule has 168 valence electrons. The number of oxime groups is 1. The van der Waals surface area contributed by atoms with E-state index in [0.717, 1.165) is 55.7 Å². The van der Waals surface area contributed by atoms with E-state index >= 15 is 0 Å². The van der Waals surface area contributed by atoms with Gasteiger partial charge in [0.15, 0.2) is 0 Å². The molecule has 0 spiro atoms. The number of piperidine rings is 1. The van der Waals surface area contributed by atoms with Gasteiger partial charge in [-0.2, -0.15) is 0 Å². The summed E-state index contributed by atoms with van der Waals surface area (Å²) in [6.07, 6.45) is 2.32. The molecule has 0 aromatic heterocycles. The molecule has 7 heteroatoms. The summed E-state index contributed by atoms with van der Waals surface area (Å²) in [4.78, 5) is 7.53. The Balaban J connectivity index is 1.69. The average Bonchev–Trinajstić information content (AvgIpc) is 2.78. The smallest absolute Gasteiger partial charge is 0.106 e. The van der Waals surface area contributed by atoms with Crippen LogP contribution in [0.25, 0.3) is 0 Å². The maximum atomic E-state index is 11.1. The van der Waals surface area contributed by atoms with Crippen molar-refractivity contribution < 1.29 is 9.94 Å². The SMILES string of the molecule is CNCC(=NOC)C(CCN1CCC(O)(c2ccccc2)CC1)c1ccc(Cl)c(Cl)c1. The lowest BCUT2D eigenvalue weighted by atomic mass is 9.84. The number of likely N-dealkylation sites (tertiary alicyclic amines) is 1. The van der Waals surface area contributed by atoms with Gasteiger partial charge < -0.3 is 20.2 Å². The lowest BCUT2D eigenvalue weighted by molar-refractivity contribution is -0.0261. The van der Waals surface area contributed by atoms with E-state index in [9.17, 15) is 5.11 Å². The molecule has 0 radical (unpaired) electrons. The Labute approximate surface area is 195 Å². The fourth-order valence-electron chi connectivity index (χ4n) is 4.27. The van der Waals surface area contributed by atoms with Crippen molar-refractivity contribution in [3.63, 3.8) is 0 Å². The van der Waals surface area contributed by atoms with Crippen molar-refractivity contribution in [2.75, 3.05) is 40.3 Å². The van der Waals surface area contributed by atoms with E-state index in [1.807, 2.05) is 55.6 Å². The highest BCUT2D eigenvalue weighted by molar-refractivity contribution is 6.42. The summed E-state index contributed by atoms with van der Waals surface area (Å²) in [6, 6.07) is 15.7. The van der Waals surface area contributed by atoms with Crippen LogP contribution in [0.2, 0.25) is 10.0 Å². The van der Waals surface area contributed by atoms with Gasteiger partial charge in [-0.3, -0.25) is 0 Å². The van der Waals surface area contributed by atoms with E-state index in [0.29, 0.717) is 16.6 Å². The molecule has 1 atom stereocenters. The first-order valence-electron chi connectivity index (χ1n) is 10.7. The van der Waals surface area contributed by atoms with Crippen LogP contribution in [-0.2, 0) is 10.4 Å². The molecule has 0 bridgehead atoms. The quantitative estimate of drug-likeness (QED) is 0.418. The zero-order valence-electron chi connectivity index (χ0n) is 18.2. The van der Waals surface area contributed by atoms with Crippen LogP contribution in [0.3, 0.4) is 0 Å². The van der Waals surface area contributed by atoms with Gasteiger partial charge in [0.1, 0.15) is 7.11 Å². The van der Waals surface area contributed by atoms with Crippen molar-refractivity contribution in [2.45, 2.75) is 30.8 Å². The number of halogens is 2. The monoisotopic (exact) mass is 463 g/mol. The summed E-state index contributed by atoms with van der Waals surface area (Å²) in [5.74, 6) is 0.0529. The molecule has 1 aliphatic rings. The van der Waals surface area contributed by atoms with E-state index < -0.39 is 5.60 Å². The first-order chi connectivity index (χ1) is 15.0. The van der Waals surface area contributed by atoms with Gasteiger partial charge in [-0.1, -0.05) is 64.8 Å². The molecule has 3 rings (SSSR count). The first-order valence-corrected chi connectivity index (χ1v) is 11.4. The molecule has 0 aliphatic carbocycles. The molecule has 1 saturated heterocycles. The van der Waals surface area contributed by atoms with Gasteiger partial charge in [0.05, 0.1) is 21.4 Å². The molecule has 31 heavy (non-hydrogen) atoms. The normalized spacial score (nSPS) is 18.0. The Morgan fingerprint density at radius 3 is 2.48 bits per heavy atom. The highest BCUT2D eigenvalue weighted by Gasteiger charge is 2.34. The lowest BCUT2D eigenvalue weighted by Crippen LogP contribution is -2.43. The third-order valence-electron chi connectivity index (χ3n) is 6.04. The Morgan fingerprint density at radius 2 is 1.87 bits per heavy atom. The molecular formula is C24H31Cl2N3O2. The molecule has 5 nitrogen and oxygen atoms in total. The topological polar surface area (TPSA) is 57.1 Å². The third kappa shape index (κ3) is 6.21. The summed E-state index contributed by atoms with van der Waals surface area (Å²) in [7, 11) is 3.46. The summed E-state index contributed by atoms with van der Waals surface area (Å²) in [6.45, 7) is 3.21. The van der Waals surface area contributed by atoms with Crippen LogP contribution in [0.1, 0.15) is 36.3 Å². The molecule has 0 amide bonds. The third-order valence-corrected chi connectivity index (χ3v) is 6.78. The van der Waals surface area contributed by atoms with E-state index in [2.05, 4.69) is 15.4 Å². The Kier molecular flexibility index (Phi) is 8.76. The van der Waals surface area contributed by atoms with Gasteiger partial charge in [0, 0.05) is 25.6 Å². The Bertz CT molecular complexity index is 868. The van der Waals surface area contributed by atoms with Crippen molar-refractivity contribution in [2.24, 2.45) is 5.16 Å². The summed E-state index contributed by atoms with van der Waals surface area (Å²) in [5, 5.41) is 19.6. The van der Waals surface area contributed by atoms with Gasteiger partial charge in [-0.15, -0.1) is 0 Å². The van der Waals surface area contributed by atoms with Crippen LogP contribution in [0.4, 0.5) is 0 Å². The molecule has 2 aromatic carbocycles. The minimum Gasteiger partial charge on any atom is -0.399 e. The van der Waals surface area contributed by atoms with Crippen LogP contribution in [0.5, 0.6) is 0 Å². The van der Waals surface area contributed by atoms with Gasteiger partial charge >= 0.3 is 0 Å². The van der Waals surface area contributed by atoms with E-state index in [1.54, 1.807) is 7.11 Å². The molecule has 1 fully saturated rings. The van der Waals surface area contributed by atoms with Gasteiger partial charge in [0.25, 0.3) is 0 Å². The fraction of sp³-hybridized carbons (Fsp3) is 0.458. The standard InChI is InChI=1S/C24H31Cl2N3O2/c1-27-17-23(28-31-2)20(18-8-9-21(25)22(26)16-18)10-13-29-14-11-24(30,12-15-29)19-6-4-3-5-7-19/h3-9,16,20,27,30H,10-15,17H2,1-2H3. The molecule has 2 aromatic rings. The number of hydrogen-bond acceptors (Lipinski definition) is 5. The number of nitrogens with one attached hydrogen (secondary N) is 1. The zero-order chi connectivity index (χ0) is 22.3. The number of benzene rings is 2. The predicted octanol–water partition coefficient (Wildman–Crippen LogP) is 4.67. The van der Waals surface area contributed by atoms with Crippen molar-refractivity contribution >= 4 is 28.9 Å². The lowest BCUT2D eigenvalue weighted by Gasteiger charge is -2.39. The molecule has 2 N–H and O–H groups in total. The second-order valence-corrected chi connectivity index (χ2v) is 8.86. The first kappa shape index (κ1) is 24.0. The maximum absolute atomic E-state index is 11.1. The van der Waals surface area contributed by atoms with Crippen molar-refractivity contribution in [3.8, 4) is 0 Å². The predicted molar refractivity (Wildman–Crippen MR) is 128 cm³/mol. The Hall–Kier alpha value is -1.63. The van der Waals surface area contributed by atoms with E-state index in [1.165, 1.54) is 0 Å². The number of hydrogen-bond donors (Lipinski definition) is 2. The van der Waals surface area contributed by atoms with Crippen molar-refractivity contribution in [3.05, 3.63) is 69.7 Å². The molecule has 1 unspecified atom stereocenters. The Morgan fingerprint density at radius 1 is 1.16 bits per heavy atom. The van der Waals surface area contributed by atoms with Gasteiger partial charge in [-0.05, 0) is 56.1 Å². The minimum absolute atomic E-state index is 0.0529. The van der Waals surface area contributed by atoms with Crippen LogP contribution in [0.15, 0.2) is 53.7 Å². The van der Waals surface area contributed by atoms with Crippen molar-refractivity contribution in [1.82, 2.24) is 10.2 Å². The highest BCUT2D eigenvalue weighted by Crippen LogP contribution is 2.34.